The van der Waals surface area contributed by atoms with E-state index >= 15 is 0 Å². The number of hydrogen-bond acceptors (Lipinski definition) is 3. The Morgan fingerprint density at radius 3 is 2.95 bits per heavy atom. The maximum atomic E-state index is 5.36. The summed E-state index contributed by atoms with van der Waals surface area (Å²) in [4.78, 5) is 2.33. The lowest BCUT2D eigenvalue weighted by Crippen LogP contribution is -2.18. The summed E-state index contributed by atoms with van der Waals surface area (Å²) in [6, 6.07) is 8.86. The summed E-state index contributed by atoms with van der Waals surface area (Å²) in [6.07, 6.45) is 4.20. The molecule has 0 saturated carbocycles. The summed E-state index contributed by atoms with van der Waals surface area (Å²) in [7, 11) is 2.16. The van der Waals surface area contributed by atoms with Crippen LogP contribution < -0.4 is 5.32 Å². The molecule has 2 aromatic rings. The number of hydrogen-bond donors (Lipinski definition) is 1. The van der Waals surface area contributed by atoms with Gasteiger partial charge < -0.3 is 9.73 Å². The Hall–Kier alpha value is -1.74. The van der Waals surface area contributed by atoms with Crippen molar-refractivity contribution in [1.29, 1.82) is 0 Å². The normalized spacial score (nSPS) is 14.2. The molecule has 0 aliphatic carbocycles. The van der Waals surface area contributed by atoms with Gasteiger partial charge in [-0.3, -0.25) is 4.90 Å². The summed E-state index contributed by atoms with van der Waals surface area (Å²) in [5, 5.41) is 3.46. The molecular formula is C17H22N2O. The van der Waals surface area contributed by atoms with Gasteiger partial charge in [0, 0.05) is 30.9 Å². The second-order valence-corrected chi connectivity index (χ2v) is 5.70. The molecule has 0 bridgehead atoms. The number of anilines is 1. The minimum Gasteiger partial charge on any atom is -0.469 e. The zero-order chi connectivity index (χ0) is 13.9. The van der Waals surface area contributed by atoms with E-state index in [4.69, 9.17) is 4.42 Å². The Kier molecular flexibility index (Phi) is 3.79. The van der Waals surface area contributed by atoms with Crippen LogP contribution in [0.3, 0.4) is 0 Å². The largest absolute Gasteiger partial charge is 0.469 e. The Bertz CT molecular complexity index is 588. The molecule has 1 aromatic carbocycles. The molecule has 3 heteroatoms. The van der Waals surface area contributed by atoms with Crippen LogP contribution in [0.15, 0.2) is 34.9 Å². The molecule has 2 heterocycles. The zero-order valence-electron chi connectivity index (χ0n) is 12.3. The molecule has 0 fully saturated rings. The predicted molar refractivity (Wildman–Crippen MR) is 81.9 cm³/mol. The molecular weight excluding hydrogens is 248 g/mol. The van der Waals surface area contributed by atoms with Gasteiger partial charge in [0.05, 0.1) is 6.26 Å². The van der Waals surface area contributed by atoms with Crippen molar-refractivity contribution in [3.8, 4) is 0 Å². The van der Waals surface area contributed by atoms with Gasteiger partial charge in [-0.2, -0.15) is 0 Å². The van der Waals surface area contributed by atoms with Crippen molar-refractivity contribution in [3.05, 3.63) is 53.0 Å². The van der Waals surface area contributed by atoms with Crippen LogP contribution in [0.1, 0.15) is 28.9 Å². The summed E-state index contributed by atoms with van der Waals surface area (Å²) in [5.74, 6) is 1.02. The zero-order valence-corrected chi connectivity index (χ0v) is 12.3. The van der Waals surface area contributed by atoms with Crippen molar-refractivity contribution in [1.82, 2.24) is 4.90 Å². The lowest BCUT2D eigenvalue weighted by molar-refractivity contribution is 0.316. The van der Waals surface area contributed by atoms with Gasteiger partial charge >= 0.3 is 0 Å². The molecule has 0 radical (unpaired) electrons. The number of rotatable bonds is 4. The highest BCUT2D eigenvalue weighted by atomic mass is 16.3. The minimum atomic E-state index is 0.928. The smallest absolute Gasteiger partial charge is 0.105 e. The third kappa shape index (κ3) is 2.88. The van der Waals surface area contributed by atoms with Crippen LogP contribution in [0, 0.1) is 6.92 Å². The lowest BCUT2D eigenvalue weighted by Gasteiger charge is -2.21. The van der Waals surface area contributed by atoms with Crippen LogP contribution in [0.5, 0.6) is 0 Å². The van der Waals surface area contributed by atoms with E-state index in [2.05, 4.69) is 41.5 Å². The molecule has 0 atom stereocenters. The molecule has 106 valence electrons. The van der Waals surface area contributed by atoms with Crippen LogP contribution in [0.4, 0.5) is 5.69 Å². The highest BCUT2D eigenvalue weighted by Gasteiger charge is 2.10. The van der Waals surface area contributed by atoms with Gasteiger partial charge in [-0.05, 0) is 50.1 Å². The number of benzene rings is 1. The van der Waals surface area contributed by atoms with E-state index in [1.807, 2.05) is 6.92 Å². The highest BCUT2D eigenvalue weighted by molar-refractivity contribution is 5.54. The van der Waals surface area contributed by atoms with Gasteiger partial charge in [0.2, 0.25) is 0 Å². The fourth-order valence-corrected chi connectivity index (χ4v) is 2.86. The van der Waals surface area contributed by atoms with E-state index in [-0.39, 0.29) is 0 Å². The second-order valence-electron chi connectivity index (χ2n) is 5.70. The third-order valence-corrected chi connectivity index (χ3v) is 3.97. The van der Waals surface area contributed by atoms with E-state index in [1.54, 1.807) is 6.26 Å². The molecule has 3 nitrogen and oxygen atoms in total. The fraction of sp³-hybridized carbons (Fsp3) is 0.412. The van der Waals surface area contributed by atoms with Crippen LogP contribution in [0.25, 0.3) is 0 Å². The van der Waals surface area contributed by atoms with E-state index < -0.39 is 0 Å². The molecule has 0 unspecified atom stereocenters. The molecule has 0 spiro atoms. The number of aryl methyl sites for hydroxylation is 2. The minimum absolute atomic E-state index is 0.928. The van der Waals surface area contributed by atoms with Crippen LogP contribution in [0.2, 0.25) is 0 Å². The first-order valence-corrected chi connectivity index (χ1v) is 7.29. The van der Waals surface area contributed by atoms with Crippen molar-refractivity contribution in [2.75, 3.05) is 18.9 Å². The van der Waals surface area contributed by atoms with Gasteiger partial charge in [-0.25, -0.2) is 0 Å². The third-order valence-electron chi connectivity index (χ3n) is 3.97. The maximum Gasteiger partial charge on any atom is 0.105 e. The number of fused-ring (bicyclic) bond motifs is 1. The number of nitrogens with one attached hydrogen (secondary N) is 1. The van der Waals surface area contributed by atoms with Gasteiger partial charge in [0.25, 0.3) is 0 Å². The van der Waals surface area contributed by atoms with Crippen LogP contribution in [-0.4, -0.2) is 18.5 Å². The van der Waals surface area contributed by atoms with Crippen molar-refractivity contribution in [2.45, 2.75) is 32.9 Å². The summed E-state index contributed by atoms with van der Waals surface area (Å²) < 4.78 is 5.36. The molecule has 0 saturated heterocycles. The van der Waals surface area contributed by atoms with Crippen molar-refractivity contribution < 1.29 is 4.42 Å². The maximum absolute atomic E-state index is 5.36. The SMILES string of the molecule is Cc1occc1CN(C)Cc1ccc2c(c1)CCCN2. The first-order chi connectivity index (χ1) is 9.72. The standard InChI is InChI=1S/C17H22N2O/c1-13-16(7-9-20-13)12-19(2)11-14-5-6-17-15(10-14)4-3-8-18-17/h5-7,9-10,18H,3-4,8,11-12H2,1-2H3. The topological polar surface area (TPSA) is 28.4 Å². The van der Waals surface area contributed by atoms with Gasteiger partial charge in [0.1, 0.15) is 5.76 Å². The Balaban J connectivity index is 1.66. The Labute approximate surface area is 120 Å². The molecule has 0 amide bonds. The van der Waals surface area contributed by atoms with Crippen molar-refractivity contribution in [3.63, 3.8) is 0 Å². The predicted octanol–water partition coefficient (Wildman–Crippen LogP) is 3.58. The molecule has 1 aromatic heterocycles. The summed E-state index contributed by atoms with van der Waals surface area (Å²) in [6.45, 7) is 5.02. The van der Waals surface area contributed by atoms with Gasteiger partial charge in [0.15, 0.2) is 0 Å². The van der Waals surface area contributed by atoms with Crippen molar-refractivity contribution in [2.24, 2.45) is 0 Å². The van der Waals surface area contributed by atoms with E-state index in [0.717, 1.165) is 25.4 Å². The first-order valence-electron chi connectivity index (χ1n) is 7.29. The summed E-state index contributed by atoms with van der Waals surface area (Å²) in [5.41, 5.74) is 5.43. The van der Waals surface area contributed by atoms with Gasteiger partial charge in [-0.15, -0.1) is 0 Å². The number of furan rings is 1. The fourth-order valence-electron chi connectivity index (χ4n) is 2.86. The quantitative estimate of drug-likeness (QED) is 0.920. The highest BCUT2D eigenvalue weighted by Crippen LogP contribution is 2.23. The van der Waals surface area contributed by atoms with Crippen LogP contribution in [-0.2, 0) is 19.5 Å². The van der Waals surface area contributed by atoms with E-state index in [1.165, 1.54) is 35.2 Å². The number of nitrogens with zero attached hydrogens (tertiary/aromatic N) is 1. The summed E-state index contributed by atoms with van der Waals surface area (Å²) >= 11 is 0. The van der Waals surface area contributed by atoms with Crippen molar-refractivity contribution >= 4 is 5.69 Å². The van der Waals surface area contributed by atoms with E-state index in [9.17, 15) is 0 Å². The average molecular weight is 270 g/mol. The molecule has 20 heavy (non-hydrogen) atoms. The Morgan fingerprint density at radius 1 is 1.25 bits per heavy atom. The molecule has 1 aliphatic heterocycles. The lowest BCUT2D eigenvalue weighted by atomic mass is 10.0. The first kappa shape index (κ1) is 13.3. The monoisotopic (exact) mass is 270 g/mol. The molecule has 1 aliphatic rings. The Morgan fingerprint density at radius 2 is 2.15 bits per heavy atom. The molecule has 3 rings (SSSR count). The van der Waals surface area contributed by atoms with Crippen LogP contribution >= 0.6 is 0 Å². The van der Waals surface area contributed by atoms with Gasteiger partial charge in [-0.1, -0.05) is 12.1 Å². The average Bonchev–Trinajstić information content (AvgIpc) is 2.84. The second kappa shape index (κ2) is 5.71. The molecule has 1 N–H and O–H groups in total. The van der Waals surface area contributed by atoms with E-state index in [0.29, 0.717) is 0 Å².